The molecule has 2 aromatic carbocycles. The van der Waals surface area contributed by atoms with Crippen LogP contribution in [0.5, 0.6) is 0 Å². The van der Waals surface area contributed by atoms with Gasteiger partial charge in [-0.15, -0.1) is 0 Å². The maximum absolute atomic E-state index is 12.2. The molecule has 0 saturated carbocycles. The Morgan fingerprint density at radius 2 is 1.56 bits per heavy atom. The van der Waals surface area contributed by atoms with Gasteiger partial charge in [0.2, 0.25) is 11.8 Å². The van der Waals surface area contributed by atoms with Crippen molar-refractivity contribution in [3.05, 3.63) is 71.3 Å². The number of nitrogens with two attached hydrogens (primary N) is 1. The molecule has 0 aliphatic heterocycles. The number of nitrogens with one attached hydrogen (secondary N) is 1. The van der Waals surface area contributed by atoms with Crippen LogP contribution in [0.4, 0.5) is 0 Å². The minimum absolute atomic E-state index is 0.0749. The first-order valence-corrected chi connectivity index (χ1v) is 8.48. The number of carbonyl (C=O) groups is 2. The standard InChI is InChI=1S/C21H26N2O2/c1-21(2,3)17-11-9-16(10-12-17)13-18(20(22)25)23-19(24)14-15-7-5-4-6-8-15/h4-12,18H,13-14H2,1-3H3,(H2,22,25)(H,23,24)/t18-/m0/s1. The van der Waals surface area contributed by atoms with E-state index in [1.807, 2.05) is 42.5 Å². The molecular weight excluding hydrogens is 312 g/mol. The third kappa shape index (κ3) is 5.75. The average molecular weight is 338 g/mol. The number of amides is 2. The van der Waals surface area contributed by atoms with Gasteiger partial charge in [0.25, 0.3) is 0 Å². The first kappa shape index (κ1) is 18.7. The van der Waals surface area contributed by atoms with Crippen molar-refractivity contribution in [1.29, 1.82) is 0 Å². The lowest BCUT2D eigenvalue weighted by atomic mass is 9.86. The maximum Gasteiger partial charge on any atom is 0.240 e. The first-order valence-electron chi connectivity index (χ1n) is 8.48. The van der Waals surface area contributed by atoms with Crippen molar-refractivity contribution in [2.45, 2.75) is 45.1 Å². The van der Waals surface area contributed by atoms with E-state index in [1.54, 1.807) is 0 Å². The summed E-state index contributed by atoms with van der Waals surface area (Å²) in [6.07, 6.45) is 0.619. The molecule has 0 aromatic heterocycles. The lowest BCUT2D eigenvalue weighted by Gasteiger charge is -2.20. The molecule has 0 unspecified atom stereocenters. The zero-order chi connectivity index (χ0) is 18.4. The summed E-state index contributed by atoms with van der Waals surface area (Å²) in [4.78, 5) is 23.9. The number of rotatable bonds is 6. The maximum atomic E-state index is 12.2. The van der Waals surface area contributed by atoms with Crippen molar-refractivity contribution < 1.29 is 9.59 Å². The molecular formula is C21H26N2O2. The van der Waals surface area contributed by atoms with E-state index in [2.05, 4.69) is 38.2 Å². The predicted molar refractivity (Wildman–Crippen MR) is 100 cm³/mol. The van der Waals surface area contributed by atoms with Crippen LogP contribution in [0.25, 0.3) is 0 Å². The molecule has 2 rings (SSSR count). The van der Waals surface area contributed by atoms with Crippen LogP contribution in [0.3, 0.4) is 0 Å². The smallest absolute Gasteiger partial charge is 0.240 e. The minimum atomic E-state index is -0.711. The Morgan fingerprint density at radius 3 is 2.08 bits per heavy atom. The van der Waals surface area contributed by atoms with Crippen LogP contribution in [0.15, 0.2) is 54.6 Å². The summed E-state index contributed by atoms with van der Waals surface area (Å²) in [5, 5.41) is 2.74. The highest BCUT2D eigenvalue weighted by molar-refractivity contribution is 5.87. The summed E-state index contributed by atoms with van der Waals surface area (Å²) >= 11 is 0. The van der Waals surface area contributed by atoms with Crippen LogP contribution < -0.4 is 11.1 Å². The third-order valence-corrected chi connectivity index (χ3v) is 4.15. The fourth-order valence-electron chi connectivity index (χ4n) is 2.63. The van der Waals surface area contributed by atoms with Crippen molar-refractivity contribution in [3.8, 4) is 0 Å². The number of primary amides is 1. The van der Waals surface area contributed by atoms with Gasteiger partial charge in [0.05, 0.1) is 6.42 Å². The molecule has 132 valence electrons. The molecule has 3 N–H and O–H groups in total. The first-order chi connectivity index (χ1) is 11.8. The fraction of sp³-hybridized carbons (Fsp3) is 0.333. The van der Waals surface area contributed by atoms with Crippen molar-refractivity contribution in [2.24, 2.45) is 5.73 Å². The topological polar surface area (TPSA) is 72.2 Å². The molecule has 2 aromatic rings. The SMILES string of the molecule is CC(C)(C)c1ccc(C[C@H](NC(=O)Cc2ccccc2)C(N)=O)cc1. The van der Waals surface area contributed by atoms with Gasteiger partial charge in [-0.25, -0.2) is 0 Å². The normalized spacial score (nSPS) is 12.4. The summed E-state index contributed by atoms with van der Waals surface area (Å²) < 4.78 is 0. The molecule has 0 radical (unpaired) electrons. The molecule has 25 heavy (non-hydrogen) atoms. The van der Waals surface area contributed by atoms with Crippen LogP contribution in [0.1, 0.15) is 37.5 Å². The van der Waals surface area contributed by atoms with E-state index in [0.717, 1.165) is 11.1 Å². The zero-order valence-corrected chi connectivity index (χ0v) is 15.1. The predicted octanol–water partition coefficient (Wildman–Crippen LogP) is 2.74. The Bertz CT molecular complexity index is 716. The van der Waals surface area contributed by atoms with Crippen LogP contribution >= 0.6 is 0 Å². The second-order valence-corrected chi connectivity index (χ2v) is 7.34. The highest BCUT2D eigenvalue weighted by Crippen LogP contribution is 2.22. The molecule has 1 atom stereocenters. The van der Waals surface area contributed by atoms with Crippen LogP contribution in [0, 0.1) is 0 Å². The second kappa shape index (κ2) is 7.97. The molecule has 0 saturated heterocycles. The van der Waals surface area contributed by atoms with Gasteiger partial charge in [-0.1, -0.05) is 75.4 Å². The Morgan fingerprint density at radius 1 is 0.960 bits per heavy atom. The van der Waals surface area contributed by atoms with Crippen LogP contribution in [-0.4, -0.2) is 17.9 Å². The number of hydrogen-bond donors (Lipinski definition) is 2. The van der Waals surface area contributed by atoms with Crippen LogP contribution in [-0.2, 0) is 27.8 Å². The number of carbonyl (C=O) groups excluding carboxylic acids is 2. The average Bonchev–Trinajstić information content (AvgIpc) is 2.54. The lowest BCUT2D eigenvalue weighted by Crippen LogP contribution is -2.46. The van der Waals surface area contributed by atoms with Gasteiger partial charge < -0.3 is 11.1 Å². The Kier molecular flexibility index (Phi) is 5.97. The zero-order valence-electron chi connectivity index (χ0n) is 15.1. The fourth-order valence-corrected chi connectivity index (χ4v) is 2.63. The van der Waals surface area contributed by atoms with Crippen molar-refractivity contribution in [3.63, 3.8) is 0 Å². The van der Waals surface area contributed by atoms with E-state index in [0.29, 0.717) is 6.42 Å². The highest BCUT2D eigenvalue weighted by Gasteiger charge is 2.19. The van der Waals surface area contributed by atoms with E-state index in [9.17, 15) is 9.59 Å². The summed E-state index contributed by atoms with van der Waals surface area (Å²) in [7, 11) is 0. The van der Waals surface area contributed by atoms with Crippen molar-refractivity contribution in [1.82, 2.24) is 5.32 Å². The van der Waals surface area contributed by atoms with E-state index in [4.69, 9.17) is 5.73 Å². The number of hydrogen-bond acceptors (Lipinski definition) is 2. The van der Waals surface area contributed by atoms with Gasteiger partial charge in [-0.05, 0) is 22.1 Å². The van der Waals surface area contributed by atoms with E-state index < -0.39 is 11.9 Å². The monoisotopic (exact) mass is 338 g/mol. The molecule has 4 nitrogen and oxygen atoms in total. The largest absolute Gasteiger partial charge is 0.368 e. The van der Waals surface area contributed by atoms with E-state index in [-0.39, 0.29) is 17.7 Å². The third-order valence-electron chi connectivity index (χ3n) is 4.15. The van der Waals surface area contributed by atoms with Gasteiger partial charge in [-0.3, -0.25) is 9.59 Å². The summed E-state index contributed by atoms with van der Waals surface area (Å²) in [6, 6.07) is 16.8. The molecule has 4 heteroatoms. The molecule has 0 aliphatic rings. The van der Waals surface area contributed by atoms with Crippen molar-refractivity contribution in [2.75, 3.05) is 0 Å². The highest BCUT2D eigenvalue weighted by atomic mass is 16.2. The van der Waals surface area contributed by atoms with Gasteiger partial charge >= 0.3 is 0 Å². The number of benzene rings is 2. The molecule has 0 spiro atoms. The Labute approximate surface area is 149 Å². The van der Waals surface area contributed by atoms with Gasteiger partial charge in [-0.2, -0.15) is 0 Å². The summed E-state index contributed by atoms with van der Waals surface area (Å²) in [5.74, 6) is -0.734. The van der Waals surface area contributed by atoms with Crippen LogP contribution in [0.2, 0.25) is 0 Å². The van der Waals surface area contributed by atoms with Crippen molar-refractivity contribution >= 4 is 11.8 Å². The lowest BCUT2D eigenvalue weighted by molar-refractivity contribution is -0.127. The Balaban J connectivity index is 2.01. The van der Waals surface area contributed by atoms with E-state index in [1.165, 1.54) is 5.56 Å². The summed E-state index contributed by atoms with van der Waals surface area (Å²) in [6.45, 7) is 6.45. The van der Waals surface area contributed by atoms with Gasteiger partial charge in [0.1, 0.15) is 6.04 Å². The molecule has 0 aliphatic carbocycles. The molecule has 0 bridgehead atoms. The molecule has 0 heterocycles. The van der Waals surface area contributed by atoms with E-state index >= 15 is 0 Å². The van der Waals surface area contributed by atoms with Gasteiger partial charge in [0, 0.05) is 6.42 Å². The quantitative estimate of drug-likeness (QED) is 0.850. The summed E-state index contributed by atoms with van der Waals surface area (Å²) in [5.41, 5.74) is 8.64. The second-order valence-electron chi connectivity index (χ2n) is 7.34. The molecule has 0 fully saturated rings. The minimum Gasteiger partial charge on any atom is -0.368 e. The Hall–Kier alpha value is -2.62. The van der Waals surface area contributed by atoms with Gasteiger partial charge in [0.15, 0.2) is 0 Å². The molecule has 2 amide bonds.